The number of fused-ring (bicyclic) bond motifs is 1. The van der Waals surface area contributed by atoms with Gasteiger partial charge in [0.1, 0.15) is 0 Å². The van der Waals surface area contributed by atoms with E-state index in [4.69, 9.17) is 4.98 Å². The molecule has 3 heterocycles. The Morgan fingerprint density at radius 2 is 1.66 bits per heavy atom. The van der Waals surface area contributed by atoms with E-state index in [0.29, 0.717) is 35.9 Å². The summed E-state index contributed by atoms with van der Waals surface area (Å²) >= 11 is 0. The third-order valence-corrected chi connectivity index (χ3v) is 5.89. The Balaban J connectivity index is 1.55. The van der Waals surface area contributed by atoms with Crippen LogP contribution >= 0.6 is 0 Å². The Kier molecular flexibility index (Phi) is 6.17. The summed E-state index contributed by atoms with van der Waals surface area (Å²) in [5.41, 5.74) is 3.50. The number of nitrogens with one attached hydrogen (secondary N) is 1. The summed E-state index contributed by atoms with van der Waals surface area (Å²) < 4.78 is 3.25. The van der Waals surface area contributed by atoms with Gasteiger partial charge in [-0.2, -0.15) is 9.50 Å². The predicted octanol–water partition coefficient (Wildman–Crippen LogP) is 3.17. The fraction of sp³-hybridized carbons (Fsp3) is 0.148. The van der Waals surface area contributed by atoms with Crippen LogP contribution in [-0.4, -0.2) is 30.1 Å². The number of carbonyl (C=O) groups excluding carboxylic acids is 1. The summed E-state index contributed by atoms with van der Waals surface area (Å²) in [5, 5.41) is 7.40. The van der Waals surface area contributed by atoms with Crippen LogP contribution in [0.1, 0.15) is 22.4 Å². The zero-order valence-electron chi connectivity index (χ0n) is 19.3. The molecule has 0 radical (unpaired) electrons. The van der Waals surface area contributed by atoms with Crippen molar-refractivity contribution >= 4 is 11.7 Å². The lowest BCUT2D eigenvalue weighted by molar-refractivity contribution is -0.120. The molecule has 8 heteroatoms. The molecule has 0 aliphatic rings. The van der Waals surface area contributed by atoms with Crippen LogP contribution in [0.5, 0.6) is 0 Å². The van der Waals surface area contributed by atoms with Gasteiger partial charge < -0.3 is 9.88 Å². The molecule has 3 aromatic heterocycles. The molecule has 0 bridgehead atoms. The molecule has 35 heavy (non-hydrogen) atoms. The van der Waals surface area contributed by atoms with E-state index >= 15 is 0 Å². The van der Waals surface area contributed by atoms with Gasteiger partial charge in [0.15, 0.2) is 5.82 Å². The molecule has 174 valence electrons. The molecule has 0 atom stereocenters. The smallest absolute Gasteiger partial charge is 0.279 e. The first-order valence-corrected chi connectivity index (χ1v) is 11.3. The van der Waals surface area contributed by atoms with Crippen LogP contribution in [0.4, 0.5) is 0 Å². The van der Waals surface area contributed by atoms with Crippen LogP contribution < -0.4 is 10.9 Å². The van der Waals surface area contributed by atoms with Crippen molar-refractivity contribution in [1.82, 2.24) is 29.5 Å². The lowest BCUT2D eigenvalue weighted by Gasteiger charge is -2.15. The van der Waals surface area contributed by atoms with E-state index in [1.54, 1.807) is 12.4 Å². The van der Waals surface area contributed by atoms with E-state index in [9.17, 15) is 9.59 Å². The van der Waals surface area contributed by atoms with E-state index in [2.05, 4.69) is 15.4 Å². The van der Waals surface area contributed by atoms with Crippen molar-refractivity contribution in [1.29, 1.82) is 0 Å². The second kappa shape index (κ2) is 9.72. The van der Waals surface area contributed by atoms with Crippen LogP contribution in [0.25, 0.3) is 17.2 Å². The standard InChI is InChI=1S/C27H24N6O2/c1-19-23(15-24(34)29-17-21-11-8-14-28-16-21)26(35)33-27(32(19)18-20-9-4-2-5-10-20)30-25(31-33)22-12-6-3-7-13-22/h2-14,16H,15,17-18H2,1H3,(H,29,34). The zero-order valence-corrected chi connectivity index (χ0v) is 19.3. The van der Waals surface area contributed by atoms with Crippen LogP contribution in [0, 0.1) is 6.92 Å². The SMILES string of the molecule is Cc1c(CC(=O)NCc2cccnc2)c(=O)n2nc(-c3ccccc3)nc2n1Cc1ccccc1. The van der Waals surface area contributed by atoms with Crippen molar-refractivity contribution < 1.29 is 4.79 Å². The maximum absolute atomic E-state index is 13.5. The number of benzene rings is 2. The summed E-state index contributed by atoms with van der Waals surface area (Å²) in [6, 6.07) is 23.2. The highest BCUT2D eigenvalue weighted by Gasteiger charge is 2.20. The molecule has 1 N–H and O–H groups in total. The summed E-state index contributed by atoms with van der Waals surface area (Å²) in [4.78, 5) is 35.0. The van der Waals surface area contributed by atoms with Gasteiger partial charge in [0.25, 0.3) is 5.56 Å². The van der Waals surface area contributed by atoms with Crippen molar-refractivity contribution in [2.45, 2.75) is 26.4 Å². The number of carbonyl (C=O) groups is 1. The zero-order chi connectivity index (χ0) is 24.2. The molecule has 1 amide bonds. The first-order valence-electron chi connectivity index (χ1n) is 11.3. The summed E-state index contributed by atoms with van der Waals surface area (Å²) in [6.07, 6.45) is 3.32. The Morgan fingerprint density at radius 3 is 2.37 bits per heavy atom. The Morgan fingerprint density at radius 1 is 0.943 bits per heavy atom. The molecular weight excluding hydrogens is 440 g/mol. The summed E-state index contributed by atoms with van der Waals surface area (Å²) in [5.74, 6) is 0.653. The number of rotatable bonds is 7. The average molecular weight is 465 g/mol. The summed E-state index contributed by atoms with van der Waals surface area (Å²) in [6.45, 7) is 2.69. The molecule has 0 saturated heterocycles. The Labute approximate surface area is 201 Å². The molecule has 0 spiro atoms. The monoisotopic (exact) mass is 464 g/mol. The molecule has 0 unspecified atom stereocenters. The molecule has 5 aromatic rings. The van der Waals surface area contributed by atoms with Crippen molar-refractivity contribution in [2.24, 2.45) is 0 Å². The fourth-order valence-corrected chi connectivity index (χ4v) is 4.01. The number of aromatic nitrogens is 5. The van der Waals surface area contributed by atoms with E-state index in [-0.39, 0.29) is 17.9 Å². The minimum atomic E-state index is -0.340. The van der Waals surface area contributed by atoms with Crippen LogP contribution in [0.15, 0.2) is 90.0 Å². The fourth-order valence-electron chi connectivity index (χ4n) is 4.01. The van der Waals surface area contributed by atoms with Gasteiger partial charge >= 0.3 is 0 Å². The highest BCUT2D eigenvalue weighted by molar-refractivity contribution is 5.78. The van der Waals surface area contributed by atoms with Crippen LogP contribution in [-0.2, 0) is 24.3 Å². The lowest BCUT2D eigenvalue weighted by Crippen LogP contribution is -2.32. The lowest BCUT2D eigenvalue weighted by atomic mass is 10.1. The van der Waals surface area contributed by atoms with Crippen molar-refractivity contribution in [3.63, 3.8) is 0 Å². The molecule has 0 fully saturated rings. The van der Waals surface area contributed by atoms with Gasteiger partial charge in [-0.1, -0.05) is 66.7 Å². The number of hydrogen-bond acceptors (Lipinski definition) is 5. The number of amides is 1. The third kappa shape index (κ3) is 4.72. The predicted molar refractivity (Wildman–Crippen MR) is 133 cm³/mol. The first-order chi connectivity index (χ1) is 17.1. The molecule has 0 saturated carbocycles. The number of hydrogen-bond donors (Lipinski definition) is 1. The molecule has 5 rings (SSSR count). The van der Waals surface area contributed by atoms with Gasteiger partial charge in [-0.25, -0.2) is 0 Å². The van der Waals surface area contributed by atoms with Gasteiger partial charge in [-0.05, 0) is 24.1 Å². The minimum absolute atomic E-state index is 0.0593. The van der Waals surface area contributed by atoms with Crippen LogP contribution in [0.3, 0.4) is 0 Å². The van der Waals surface area contributed by atoms with Gasteiger partial charge in [0.05, 0.1) is 13.0 Å². The van der Waals surface area contributed by atoms with E-state index in [1.165, 1.54) is 4.52 Å². The van der Waals surface area contributed by atoms with Crippen molar-refractivity contribution in [3.05, 3.63) is 118 Å². The maximum atomic E-state index is 13.5. The first kappa shape index (κ1) is 22.2. The normalized spacial score (nSPS) is 11.0. The minimum Gasteiger partial charge on any atom is -0.352 e. The third-order valence-electron chi connectivity index (χ3n) is 5.89. The van der Waals surface area contributed by atoms with E-state index < -0.39 is 0 Å². The van der Waals surface area contributed by atoms with Crippen molar-refractivity contribution in [2.75, 3.05) is 0 Å². The second-order valence-electron chi connectivity index (χ2n) is 8.27. The highest BCUT2D eigenvalue weighted by Crippen LogP contribution is 2.18. The Bertz CT molecular complexity index is 1530. The molecular formula is C27H24N6O2. The highest BCUT2D eigenvalue weighted by atomic mass is 16.2. The molecule has 0 aliphatic heterocycles. The van der Waals surface area contributed by atoms with Crippen molar-refractivity contribution in [3.8, 4) is 11.4 Å². The topological polar surface area (TPSA) is 94.2 Å². The maximum Gasteiger partial charge on any atom is 0.279 e. The summed E-state index contributed by atoms with van der Waals surface area (Å²) in [7, 11) is 0. The number of nitrogens with zero attached hydrogens (tertiary/aromatic N) is 5. The van der Waals surface area contributed by atoms with Gasteiger partial charge in [0.2, 0.25) is 11.7 Å². The quantitative estimate of drug-likeness (QED) is 0.399. The van der Waals surface area contributed by atoms with E-state index in [0.717, 1.165) is 16.7 Å². The molecule has 0 aliphatic carbocycles. The molecule has 8 nitrogen and oxygen atoms in total. The van der Waals surface area contributed by atoms with E-state index in [1.807, 2.05) is 84.3 Å². The van der Waals surface area contributed by atoms with Gasteiger partial charge in [0, 0.05) is 35.8 Å². The Hall–Kier alpha value is -4.59. The van der Waals surface area contributed by atoms with Gasteiger partial charge in [-0.15, -0.1) is 5.10 Å². The van der Waals surface area contributed by atoms with Crippen LogP contribution in [0.2, 0.25) is 0 Å². The number of pyridine rings is 1. The average Bonchev–Trinajstić information content (AvgIpc) is 3.35. The van der Waals surface area contributed by atoms with Gasteiger partial charge in [-0.3, -0.25) is 14.6 Å². The largest absolute Gasteiger partial charge is 0.352 e. The molecule has 2 aromatic carbocycles. The second-order valence-corrected chi connectivity index (χ2v) is 8.27.